The minimum Gasteiger partial charge on any atom is -0.497 e. The van der Waals surface area contributed by atoms with Crippen molar-refractivity contribution in [1.29, 1.82) is 0 Å². The van der Waals surface area contributed by atoms with E-state index >= 15 is 0 Å². The van der Waals surface area contributed by atoms with Gasteiger partial charge in [-0.15, -0.1) is 0 Å². The predicted octanol–water partition coefficient (Wildman–Crippen LogP) is 5.91. The summed E-state index contributed by atoms with van der Waals surface area (Å²) < 4.78 is 10.5. The number of halogens is 1. The van der Waals surface area contributed by atoms with E-state index in [1.165, 1.54) is 17.7 Å². The average molecular weight is 618 g/mol. The Kier molecular flexibility index (Phi) is 10.2. The minimum atomic E-state index is 0.329. The van der Waals surface area contributed by atoms with Gasteiger partial charge >= 0.3 is 0 Å². The standard InChI is InChI=1S/C34H44ClN7O2/c1-43-22-4-3-15-40-18-20-42(21-19-40)28-9-7-26(8-10-28)33-38-32-31(30(35)23-36-34(32)39-33)37-27-13-16-41(17-14-27)24-25-5-11-29(44-2)12-6-25/h5-12,23,27H,3-4,13-22,24H2,1-2H3,(H2,36,37,38,39). The number of fused-ring (bicyclic) bond motifs is 1. The number of ether oxygens (including phenoxy) is 2. The number of aromatic nitrogens is 3. The number of unbranched alkanes of at least 4 members (excludes halogenated alkanes) is 1. The van der Waals surface area contributed by atoms with Gasteiger partial charge in [-0.2, -0.15) is 0 Å². The van der Waals surface area contributed by atoms with Crippen molar-refractivity contribution in [1.82, 2.24) is 24.8 Å². The van der Waals surface area contributed by atoms with Crippen molar-refractivity contribution >= 4 is 34.1 Å². The van der Waals surface area contributed by atoms with Gasteiger partial charge in [0.05, 0.1) is 24.0 Å². The summed E-state index contributed by atoms with van der Waals surface area (Å²) in [4.78, 5) is 20.5. The number of nitrogens with zero attached hydrogens (tertiary/aromatic N) is 5. The number of hydrogen-bond donors (Lipinski definition) is 2. The summed E-state index contributed by atoms with van der Waals surface area (Å²) in [5.74, 6) is 1.70. The highest BCUT2D eigenvalue weighted by Crippen LogP contribution is 2.33. The molecule has 9 nitrogen and oxygen atoms in total. The Morgan fingerprint density at radius 3 is 2.36 bits per heavy atom. The van der Waals surface area contributed by atoms with Crippen LogP contribution in [0.15, 0.2) is 54.7 Å². The summed E-state index contributed by atoms with van der Waals surface area (Å²) in [5.41, 5.74) is 6.00. The summed E-state index contributed by atoms with van der Waals surface area (Å²) in [7, 11) is 3.48. The number of methoxy groups -OCH3 is 2. The summed E-state index contributed by atoms with van der Waals surface area (Å²) in [6, 6.07) is 17.4. The highest BCUT2D eigenvalue weighted by atomic mass is 35.5. The lowest BCUT2D eigenvalue weighted by molar-refractivity contribution is 0.182. The molecule has 0 atom stereocenters. The van der Waals surface area contributed by atoms with E-state index < -0.39 is 0 Å². The molecule has 234 valence electrons. The number of anilines is 2. The van der Waals surface area contributed by atoms with E-state index in [4.69, 9.17) is 26.1 Å². The Hall–Kier alpha value is -3.37. The van der Waals surface area contributed by atoms with Crippen molar-refractivity contribution in [2.75, 3.05) is 76.9 Å². The monoisotopic (exact) mass is 617 g/mol. The van der Waals surface area contributed by atoms with Crippen LogP contribution in [0.4, 0.5) is 11.4 Å². The second-order valence-corrected chi connectivity index (χ2v) is 12.3. The lowest BCUT2D eigenvalue weighted by Gasteiger charge is -2.36. The maximum absolute atomic E-state index is 6.68. The van der Waals surface area contributed by atoms with E-state index in [9.17, 15) is 0 Å². The first-order chi connectivity index (χ1) is 21.6. The molecular weight excluding hydrogens is 574 g/mol. The fourth-order valence-electron chi connectivity index (χ4n) is 6.27. The second-order valence-electron chi connectivity index (χ2n) is 11.9. The van der Waals surface area contributed by atoms with Crippen LogP contribution in [0.2, 0.25) is 5.02 Å². The van der Waals surface area contributed by atoms with E-state index in [2.05, 4.69) is 66.4 Å². The molecule has 2 saturated heterocycles. The third-order valence-electron chi connectivity index (χ3n) is 8.92. The molecule has 0 aliphatic carbocycles. The molecule has 0 spiro atoms. The molecule has 0 radical (unpaired) electrons. The van der Waals surface area contributed by atoms with E-state index in [-0.39, 0.29) is 0 Å². The van der Waals surface area contributed by atoms with Crippen molar-refractivity contribution in [2.24, 2.45) is 0 Å². The van der Waals surface area contributed by atoms with Crippen molar-refractivity contribution in [3.05, 3.63) is 65.3 Å². The molecule has 2 N–H and O–H groups in total. The van der Waals surface area contributed by atoms with Crippen LogP contribution in [0, 0.1) is 0 Å². The molecule has 2 aliphatic rings. The van der Waals surface area contributed by atoms with Crippen molar-refractivity contribution in [3.63, 3.8) is 0 Å². The second kappa shape index (κ2) is 14.6. The molecule has 6 rings (SSSR count). The molecule has 2 fully saturated rings. The Morgan fingerprint density at radius 2 is 1.66 bits per heavy atom. The van der Waals surface area contributed by atoms with Gasteiger partial charge in [0.25, 0.3) is 0 Å². The number of pyridine rings is 1. The number of H-pyrrole nitrogens is 1. The first-order valence-electron chi connectivity index (χ1n) is 15.8. The van der Waals surface area contributed by atoms with Crippen LogP contribution in [-0.4, -0.2) is 97.4 Å². The molecule has 0 bridgehead atoms. The van der Waals surface area contributed by atoms with Gasteiger partial charge in [0.15, 0.2) is 5.65 Å². The van der Waals surface area contributed by atoms with Gasteiger partial charge in [-0.1, -0.05) is 23.7 Å². The number of rotatable bonds is 12. The molecule has 2 aromatic carbocycles. The van der Waals surface area contributed by atoms with Crippen LogP contribution in [0.3, 0.4) is 0 Å². The van der Waals surface area contributed by atoms with E-state index in [0.717, 1.165) is 112 Å². The molecule has 0 unspecified atom stereocenters. The van der Waals surface area contributed by atoms with Gasteiger partial charge in [0.1, 0.15) is 17.1 Å². The molecular formula is C34H44ClN7O2. The lowest BCUT2D eigenvalue weighted by Crippen LogP contribution is -2.46. The Labute approximate surface area is 265 Å². The van der Waals surface area contributed by atoms with Gasteiger partial charge < -0.3 is 24.7 Å². The summed E-state index contributed by atoms with van der Waals surface area (Å²) in [5, 5.41) is 4.32. The van der Waals surface area contributed by atoms with Gasteiger partial charge in [-0.25, -0.2) is 9.97 Å². The topological polar surface area (TPSA) is 81.8 Å². The molecule has 4 aromatic rings. The summed E-state index contributed by atoms with van der Waals surface area (Å²) >= 11 is 6.68. The molecule has 2 aliphatic heterocycles. The van der Waals surface area contributed by atoms with Gasteiger partial charge in [-0.3, -0.25) is 9.80 Å². The van der Waals surface area contributed by atoms with Gasteiger partial charge in [0.2, 0.25) is 0 Å². The van der Waals surface area contributed by atoms with Crippen LogP contribution < -0.4 is 15.0 Å². The highest BCUT2D eigenvalue weighted by molar-refractivity contribution is 6.34. The fraction of sp³-hybridized carbons (Fsp3) is 0.471. The highest BCUT2D eigenvalue weighted by Gasteiger charge is 2.23. The van der Waals surface area contributed by atoms with Crippen molar-refractivity contribution in [2.45, 2.75) is 38.3 Å². The predicted molar refractivity (Wildman–Crippen MR) is 179 cm³/mol. The van der Waals surface area contributed by atoms with Gasteiger partial charge in [-0.05, 0) is 74.2 Å². The van der Waals surface area contributed by atoms with E-state index in [1.54, 1.807) is 20.4 Å². The minimum absolute atomic E-state index is 0.329. The quantitative estimate of drug-likeness (QED) is 0.190. The first kappa shape index (κ1) is 30.6. The van der Waals surface area contributed by atoms with Crippen LogP contribution in [0.25, 0.3) is 22.6 Å². The molecule has 10 heteroatoms. The number of likely N-dealkylation sites (tertiary alicyclic amines) is 1. The Bertz CT molecular complexity index is 1480. The Balaban J connectivity index is 1.05. The molecule has 4 heterocycles. The number of piperidine rings is 1. The molecule has 2 aromatic heterocycles. The number of aromatic amines is 1. The number of imidazole rings is 1. The number of hydrogen-bond acceptors (Lipinski definition) is 8. The van der Waals surface area contributed by atoms with Gasteiger partial charge in [0, 0.05) is 76.8 Å². The van der Waals surface area contributed by atoms with Crippen LogP contribution in [0.5, 0.6) is 5.75 Å². The fourth-order valence-corrected chi connectivity index (χ4v) is 6.47. The van der Waals surface area contributed by atoms with E-state index in [1.807, 2.05) is 12.1 Å². The molecule has 0 amide bonds. The maximum Gasteiger partial charge on any atom is 0.159 e. The molecule has 44 heavy (non-hydrogen) atoms. The number of benzene rings is 2. The zero-order chi connectivity index (χ0) is 30.3. The lowest BCUT2D eigenvalue weighted by atomic mass is 10.0. The van der Waals surface area contributed by atoms with Crippen LogP contribution >= 0.6 is 11.6 Å². The smallest absolute Gasteiger partial charge is 0.159 e. The largest absolute Gasteiger partial charge is 0.497 e. The SMILES string of the molecule is COCCCCN1CCN(c2ccc(-c3nc4c(NC5CCN(Cc6ccc(OC)cc6)CC5)c(Cl)cnc4[nH]3)cc2)CC1. The van der Waals surface area contributed by atoms with Crippen LogP contribution in [0.1, 0.15) is 31.2 Å². The summed E-state index contributed by atoms with van der Waals surface area (Å²) in [6.45, 7) is 9.30. The zero-order valence-corrected chi connectivity index (χ0v) is 26.7. The first-order valence-corrected chi connectivity index (χ1v) is 16.2. The zero-order valence-electron chi connectivity index (χ0n) is 25.9. The number of nitrogens with one attached hydrogen (secondary N) is 2. The number of piperazine rings is 1. The summed E-state index contributed by atoms with van der Waals surface area (Å²) in [6.07, 6.45) is 6.12. The average Bonchev–Trinajstić information content (AvgIpc) is 3.51. The van der Waals surface area contributed by atoms with Crippen molar-refractivity contribution < 1.29 is 9.47 Å². The third-order valence-corrected chi connectivity index (χ3v) is 9.21. The Morgan fingerprint density at radius 1 is 0.909 bits per heavy atom. The van der Waals surface area contributed by atoms with Crippen molar-refractivity contribution in [3.8, 4) is 17.1 Å². The maximum atomic E-state index is 6.68. The van der Waals surface area contributed by atoms with Crippen LogP contribution in [-0.2, 0) is 11.3 Å². The molecule has 0 saturated carbocycles. The normalized spacial score (nSPS) is 16.9. The van der Waals surface area contributed by atoms with E-state index in [0.29, 0.717) is 11.1 Å². The third kappa shape index (κ3) is 7.46.